The average molecular weight is 365 g/mol. The molecule has 0 N–H and O–H groups in total. The Morgan fingerprint density at radius 3 is 1.46 bits per heavy atom. The van der Waals surface area contributed by atoms with E-state index in [0.717, 1.165) is 11.8 Å². The van der Waals surface area contributed by atoms with Gasteiger partial charge < -0.3 is 0 Å². The maximum atomic E-state index is 2.46. The van der Waals surface area contributed by atoms with Crippen LogP contribution in [0.5, 0.6) is 0 Å². The van der Waals surface area contributed by atoms with Crippen LogP contribution in [0.3, 0.4) is 0 Å². The third kappa shape index (κ3) is 5.33. The van der Waals surface area contributed by atoms with E-state index in [0.29, 0.717) is 0 Å². The van der Waals surface area contributed by atoms with E-state index in [1.54, 1.807) is 20.5 Å². The van der Waals surface area contributed by atoms with Gasteiger partial charge in [-0.25, -0.2) is 0 Å². The second-order valence-electron chi connectivity index (χ2n) is 7.42. The quantitative estimate of drug-likeness (QED) is 0.354. The molecule has 2 unspecified atom stereocenters. The Hall–Kier alpha value is -0.340. The van der Waals surface area contributed by atoms with Crippen LogP contribution in [0, 0.1) is 11.8 Å². The van der Waals surface area contributed by atoms with Crippen molar-refractivity contribution in [3.05, 3.63) is 21.9 Å². The molecule has 2 rings (SSSR count). The molecule has 2 heteroatoms. The Morgan fingerprint density at radius 2 is 1.12 bits per heavy atom. The number of fused-ring (bicyclic) bond motifs is 1. The summed E-state index contributed by atoms with van der Waals surface area (Å²) in [6.07, 6.45) is 13.5. The Balaban J connectivity index is 2.06. The second kappa shape index (κ2) is 10.6. The van der Waals surface area contributed by atoms with Crippen molar-refractivity contribution >= 4 is 32.1 Å². The minimum absolute atomic E-state index is 0.876. The molecule has 0 aromatic carbocycles. The Morgan fingerprint density at radius 1 is 0.708 bits per heavy atom. The van der Waals surface area contributed by atoms with Crippen LogP contribution in [0.2, 0.25) is 0 Å². The zero-order valence-electron chi connectivity index (χ0n) is 16.2. The fourth-order valence-corrected chi connectivity index (χ4v) is 6.16. The van der Waals surface area contributed by atoms with Crippen LogP contribution in [0.4, 0.5) is 0 Å². The molecule has 0 amide bonds. The SMILES string of the molecule is CCCCC(CC)Cc1csc2c(CC(CC)CCCC)csc12. The van der Waals surface area contributed by atoms with Gasteiger partial charge in [0.15, 0.2) is 0 Å². The summed E-state index contributed by atoms with van der Waals surface area (Å²) < 4.78 is 3.21. The maximum Gasteiger partial charge on any atom is 0.0485 e. The van der Waals surface area contributed by atoms with E-state index >= 15 is 0 Å². The summed E-state index contributed by atoms with van der Waals surface area (Å²) >= 11 is 4.02. The van der Waals surface area contributed by atoms with Crippen LogP contribution >= 0.6 is 22.7 Å². The second-order valence-corrected chi connectivity index (χ2v) is 9.18. The smallest absolute Gasteiger partial charge is 0.0485 e. The number of rotatable bonds is 12. The Kier molecular flexibility index (Phi) is 8.83. The highest BCUT2D eigenvalue weighted by Crippen LogP contribution is 2.38. The van der Waals surface area contributed by atoms with Gasteiger partial charge in [-0.15, -0.1) is 22.7 Å². The largest absolute Gasteiger partial charge is 0.142 e. The molecule has 0 aliphatic rings. The van der Waals surface area contributed by atoms with Crippen LogP contribution in [0.15, 0.2) is 10.8 Å². The maximum absolute atomic E-state index is 2.46. The molecule has 2 aromatic heterocycles. The van der Waals surface area contributed by atoms with Gasteiger partial charge in [0.25, 0.3) is 0 Å². The molecule has 0 aliphatic heterocycles. The van der Waals surface area contributed by atoms with Gasteiger partial charge in [0.05, 0.1) is 0 Å². The number of hydrogen-bond acceptors (Lipinski definition) is 2. The minimum Gasteiger partial charge on any atom is -0.142 e. The first-order valence-corrected chi connectivity index (χ1v) is 12.0. The molecule has 24 heavy (non-hydrogen) atoms. The minimum atomic E-state index is 0.876. The molecule has 0 spiro atoms. The topological polar surface area (TPSA) is 0 Å². The van der Waals surface area contributed by atoms with Crippen LogP contribution in [-0.2, 0) is 12.8 Å². The van der Waals surface area contributed by atoms with Crippen molar-refractivity contribution in [1.82, 2.24) is 0 Å². The highest BCUT2D eigenvalue weighted by atomic mass is 32.1. The van der Waals surface area contributed by atoms with Gasteiger partial charge in [0, 0.05) is 9.40 Å². The molecule has 0 fully saturated rings. The predicted octanol–water partition coefficient (Wildman–Crippen LogP) is 8.48. The van der Waals surface area contributed by atoms with Gasteiger partial charge in [0.1, 0.15) is 0 Å². The summed E-state index contributed by atoms with van der Waals surface area (Å²) in [5, 5.41) is 4.93. The van der Waals surface area contributed by atoms with E-state index in [1.165, 1.54) is 64.2 Å². The lowest BCUT2D eigenvalue weighted by Gasteiger charge is -2.13. The summed E-state index contributed by atoms with van der Waals surface area (Å²) in [4.78, 5) is 0. The third-order valence-electron chi connectivity index (χ3n) is 5.53. The molecule has 2 heterocycles. The summed E-state index contributed by atoms with van der Waals surface area (Å²) in [6.45, 7) is 9.35. The molecule has 2 aromatic rings. The number of thiophene rings is 2. The summed E-state index contributed by atoms with van der Waals surface area (Å²) in [7, 11) is 0. The van der Waals surface area contributed by atoms with Gasteiger partial charge in [-0.1, -0.05) is 79.1 Å². The molecule has 0 aliphatic carbocycles. The number of hydrogen-bond donors (Lipinski definition) is 0. The molecule has 2 atom stereocenters. The van der Waals surface area contributed by atoms with Crippen LogP contribution in [0.25, 0.3) is 9.40 Å². The number of unbranched alkanes of at least 4 members (excludes halogenated alkanes) is 2. The third-order valence-corrected chi connectivity index (χ3v) is 7.87. The first-order chi connectivity index (χ1) is 11.7. The predicted molar refractivity (Wildman–Crippen MR) is 114 cm³/mol. The van der Waals surface area contributed by atoms with Gasteiger partial charge in [-0.3, -0.25) is 0 Å². The lowest BCUT2D eigenvalue weighted by atomic mass is 9.92. The van der Waals surface area contributed by atoms with Gasteiger partial charge in [-0.05, 0) is 46.6 Å². The van der Waals surface area contributed by atoms with E-state index in [2.05, 4.69) is 38.5 Å². The monoisotopic (exact) mass is 364 g/mol. The van der Waals surface area contributed by atoms with Crippen molar-refractivity contribution in [2.45, 2.75) is 91.9 Å². The zero-order valence-corrected chi connectivity index (χ0v) is 17.8. The van der Waals surface area contributed by atoms with Crippen molar-refractivity contribution in [3.63, 3.8) is 0 Å². The molecule has 0 saturated carbocycles. The first kappa shape index (κ1) is 20.0. The fourth-order valence-electron chi connectivity index (χ4n) is 3.71. The van der Waals surface area contributed by atoms with E-state index in [9.17, 15) is 0 Å². The molecule has 0 radical (unpaired) electrons. The molecule has 0 nitrogen and oxygen atoms in total. The fraction of sp³-hybridized carbons (Fsp3) is 0.727. The van der Waals surface area contributed by atoms with Crippen molar-refractivity contribution < 1.29 is 0 Å². The van der Waals surface area contributed by atoms with Crippen LogP contribution < -0.4 is 0 Å². The molecular weight excluding hydrogens is 328 g/mol. The lowest BCUT2D eigenvalue weighted by Crippen LogP contribution is -2.03. The van der Waals surface area contributed by atoms with Crippen molar-refractivity contribution in [1.29, 1.82) is 0 Å². The van der Waals surface area contributed by atoms with Crippen LogP contribution in [0.1, 0.15) is 90.2 Å². The van der Waals surface area contributed by atoms with Crippen molar-refractivity contribution in [2.24, 2.45) is 11.8 Å². The van der Waals surface area contributed by atoms with E-state index in [-0.39, 0.29) is 0 Å². The summed E-state index contributed by atoms with van der Waals surface area (Å²) in [5.41, 5.74) is 3.27. The van der Waals surface area contributed by atoms with Crippen molar-refractivity contribution in [2.75, 3.05) is 0 Å². The van der Waals surface area contributed by atoms with E-state index < -0.39 is 0 Å². The van der Waals surface area contributed by atoms with Gasteiger partial charge in [-0.2, -0.15) is 0 Å². The molecular formula is C22H36S2. The summed E-state index contributed by atoms with van der Waals surface area (Å²) in [6, 6.07) is 0. The van der Waals surface area contributed by atoms with Gasteiger partial charge in [0.2, 0.25) is 0 Å². The normalized spacial score (nSPS) is 14.3. The van der Waals surface area contributed by atoms with Crippen LogP contribution in [-0.4, -0.2) is 0 Å². The molecule has 136 valence electrons. The highest BCUT2D eigenvalue weighted by Gasteiger charge is 2.16. The highest BCUT2D eigenvalue weighted by molar-refractivity contribution is 7.26. The standard InChI is InChI=1S/C22H36S2/c1-5-9-11-17(7-3)13-19-15-23-22-20(16-24-21(19)22)14-18(8-4)12-10-6-2/h15-18H,5-14H2,1-4H3. The molecule has 0 saturated heterocycles. The Bertz CT molecular complexity index is 526. The van der Waals surface area contributed by atoms with E-state index in [4.69, 9.17) is 0 Å². The van der Waals surface area contributed by atoms with E-state index in [1.807, 2.05) is 22.7 Å². The van der Waals surface area contributed by atoms with Crippen molar-refractivity contribution in [3.8, 4) is 0 Å². The lowest BCUT2D eigenvalue weighted by molar-refractivity contribution is 0.450. The Labute approximate surface area is 157 Å². The zero-order chi connectivity index (χ0) is 17.4. The first-order valence-electron chi connectivity index (χ1n) is 10.2. The summed E-state index contributed by atoms with van der Waals surface area (Å²) in [5.74, 6) is 1.75. The average Bonchev–Trinajstić information content (AvgIpc) is 3.18. The molecule has 0 bridgehead atoms. The van der Waals surface area contributed by atoms with Gasteiger partial charge >= 0.3 is 0 Å².